The minimum Gasteiger partial charge on any atom is -0.400 e. The van der Waals surface area contributed by atoms with Gasteiger partial charge in [0.25, 0.3) is 0 Å². The first-order valence-electron chi connectivity index (χ1n) is 17.3. The third kappa shape index (κ3) is 8.27. The Morgan fingerprint density at radius 2 is 0.860 bits per heavy atom. The summed E-state index contributed by atoms with van der Waals surface area (Å²) in [6, 6.07) is 21.9. The van der Waals surface area contributed by atoms with Crippen molar-refractivity contribution >= 4 is 23.1 Å². The third-order valence-corrected chi connectivity index (χ3v) is 9.64. The van der Waals surface area contributed by atoms with Gasteiger partial charge < -0.3 is 5.11 Å². The summed E-state index contributed by atoms with van der Waals surface area (Å²) in [5, 5.41) is 7.00. The molecule has 0 spiro atoms. The molecule has 4 aromatic rings. The second-order valence-electron chi connectivity index (χ2n) is 15.2. The van der Waals surface area contributed by atoms with Crippen LogP contribution in [-0.2, 0) is 0 Å². The van der Waals surface area contributed by atoms with Crippen LogP contribution in [0.5, 0.6) is 0 Å². The maximum absolute atomic E-state index is 15.2. The van der Waals surface area contributed by atoms with Crippen molar-refractivity contribution in [2.45, 2.75) is 89.0 Å². The van der Waals surface area contributed by atoms with Crippen LogP contribution in [0.1, 0.15) is 133 Å². The Hall–Kier alpha value is -4.48. The Labute approximate surface area is 299 Å². The van der Waals surface area contributed by atoms with Crippen molar-refractivity contribution in [3.8, 4) is 0 Å². The minimum atomic E-state index is -1.46. The monoisotopic (exact) mass is 674 g/mol. The predicted molar refractivity (Wildman–Crippen MR) is 204 cm³/mol. The number of hydrogen-bond donors (Lipinski definition) is 1. The van der Waals surface area contributed by atoms with Crippen molar-refractivity contribution in [1.29, 1.82) is 0 Å². The summed E-state index contributed by atoms with van der Waals surface area (Å²) in [6.45, 7) is 21.6. The highest BCUT2D eigenvalue weighted by Gasteiger charge is 2.46. The van der Waals surface area contributed by atoms with Crippen LogP contribution in [0.4, 0.5) is 0 Å². The number of Topliss-reactive ketones (excluding diaryl/α,β-unsaturated/α-hetero) is 2. The largest absolute Gasteiger partial charge is 0.400 e. The van der Waals surface area contributed by atoms with Crippen LogP contribution < -0.4 is 0 Å². The van der Waals surface area contributed by atoms with Gasteiger partial charge in [0.1, 0.15) is 0 Å². The highest BCUT2D eigenvalue weighted by Crippen LogP contribution is 2.42. The maximum atomic E-state index is 15.2. The van der Waals surface area contributed by atoms with Gasteiger partial charge in [-0.2, -0.15) is 0 Å². The van der Waals surface area contributed by atoms with E-state index in [0.717, 1.165) is 35.8 Å². The van der Waals surface area contributed by atoms with E-state index in [1.165, 1.54) is 0 Å². The number of aryl methyl sites for hydroxylation is 4. The Kier molecular flexibility index (Phi) is 12.8. The fraction of sp³-hybridized carbons (Fsp3) is 0.378. The number of ketones is 4. The highest BCUT2D eigenvalue weighted by atomic mass is 16.2. The second-order valence-corrected chi connectivity index (χ2v) is 15.2. The Balaban J connectivity index is 0.00000332. The number of hydrogen-bond acceptors (Lipinski definition) is 5. The van der Waals surface area contributed by atoms with Gasteiger partial charge in [-0.25, -0.2) is 0 Å². The molecule has 0 amide bonds. The first-order valence-corrected chi connectivity index (χ1v) is 17.3. The molecule has 0 fully saturated rings. The summed E-state index contributed by atoms with van der Waals surface area (Å²) < 4.78 is 0. The van der Waals surface area contributed by atoms with Gasteiger partial charge in [0, 0.05) is 40.5 Å². The molecule has 0 heterocycles. The molecule has 5 heteroatoms. The van der Waals surface area contributed by atoms with Crippen LogP contribution in [-0.4, -0.2) is 35.3 Å². The van der Waals surface area contributed by atoms with Crippen LogP contribution in [0, 0.1) is 58.3 Å². The summed E-state index contributed by atoms with van der Waals surface area (Å²) in [7, 11) is 1.00. The molecule has 0 radical (unpaired) electrons. The Morgan fingerprint density at radius 3 is 1.18 bits per heavy atom. The van der Waals surface area contributed by atoms with E-state index in [1.54, 1.807) is 31.2 Å². The molecule has 0 bridgehead atoms. The van der Waals surface area contributed by atoms with Crippen LogP contribution in [0.3, 0.4) is 0 Å². The molecule has 1 N–H and O–H groups in total. The predicted octanol–water partition coefficient (Wildman–Crippen LogP) is 10.1. The molecule has 1 unspecified atom stereocenters. The summed E-state index contributed by atoms with van der Waals surface area (Å²) in [6.07, 6.45) is 1.14. The van der Waals surface area contributed by atoms with Gasteiger partial charge in [0.15, 0.2) is 23.1 Å². The van der Waals surface area contributed by atoms with Crippen molar-refractivity contribution in [2.24, 2.45) is 16.7 Å². The van der Waals surface area contributed by atoms with Gasteiger partial charge in [-0.3, -0.25) is 19.2 Å². The quantitative estimate of drug-likeness (QED) is 0.126. The molecule has 264 valence electrons. The first-order chi connectivity index (χ1) is 23.4. The van der Waals surface area contributed by atoms with E-state index in [1.807, 2.05) is 90.1 Å². The lowest BCUT2D eigenvalue weighted by Crippen LogP contribution is -2.40. The summed E-state index contributed by atoms with van der Waals surface area (Å²) in [5.41, 5.74) is 5.67. The zero-order valence-corrected chi connectivity index (χ0v) is 32.0. The van der Waals surface area contributed by atoms with E-state index in [2.05, 4.69) is 27.7 Å². The number of aliphatic hydroxyl groups excluding tert-OH is 1. The third-order valence-electron chi connectivity index (χ3n) is 9.64. The van der Waals surface area contributed by atoms with Crippen molar-refractivity contribution in [3.63, 3.8) is 0 Å². The average molecular weight is 675 g/mol. The fourth-order valence-electron chi connectivity index (χ4n) is 7.89. The van der Waals surface area contributed by atoms with E-state index in [9.17, 15) is 9.59 Å². The highest BCUT2D eigenvalue weighted by molar-refractivity contribution is 6.23. The molecule has 4 rings (SSSR count). The summed E-state index contributed by atoms with van der Waals surface area (Å²) in [5.74, 6) is -0.844. The Bertz CT molecular complexity index is 1770. The fourth-order valence-corrected chi connectivity index (χ4v) is 7.89. The lowest BCUT2D eigenvalue weighted by atomic mass is 9.66. The summed E-state index contributed by atoms with van der Waals surface area (Å²) >= 11 is 0. The first kappa shape index (κ1) is 40.0. The molecular formula is C45H54O5. The maximum Gasteiger partial charge on any atom is 0.193 e. The van der Waals surface area contributed by atoms with Crippen LogP contribution in [0.15, 0.2) is 72.8 Å². The number of rotatable bonds is 11. The van der Waals surface area contributed by atoms with Gasteiger partial charge in [0.05, 0.1) is 5.41 Å². The molecule has 0 aromatic heterocycles. The second kappa shape index (κ2) is 16.0. The van der Waals surface area contributed by atoms with Gasteiger partial charge >= 0.3 is 0 Å². The van der Waals surface area contributed by atoms with E-state index in [-0.39, 0.29) is 34.5 Å². The molecule has 0 saturated carbocycles. The lowest BCUT2D eigenvalue weighted by Gasteiger charge is -2.34. The SMILES string of the molecule is CO.Cc1cc(C)c(C(=O)C(C)(CC(C)CC(C)(C)C)C(=O)c2c(C)cc(C)c(C(=O)c3ccccc3)c2C)c(C)c1C(=O)c1ccccc1. The minimum absolute atomic E-state index is 0.0116. The lowest BCUT2D eigenvalue weighted by molar-refractivity contribution is 0.0633. The van der Waals surface area contributed by atoms with Crippen LogP contribution >= 0.6 is 0 Å². The van der Waals surface area contributed by atoms with Crippen molar-refractivity contribution in [2.75, 3.05) is 7.11 Å². The van der Waals surface area contributed by atoms with Gasteiger partial charge in [-0.1, -0.05) is 100 Å². The van der Waals surface area contributed by atoms with E-state index in [0.29, 0.717) is 50.9 Å². The van der Waals surface area contributed by atoms with Gasteiger partial charge in [-0.05, 0) is 106 Å². The Morgan fingerprint density at radius 1 is 0.540 bits per heavy atom. The average Bonchev–Trinajstić information content (AvgIpc) is 3.04. The number of carbonyl (C=O) groups excluding carboxylic acids is 4. The zero-order valence-electron chi connectivity index (χ0n) is 32.0. The molecule has 1 atom stereocenters. The van der Waals surface area contributed by atoms with Gasteiger partial charge in [0.2, 0.25) is 0 Å². The number of aliphatic hydroxyl groups is 1. The number of benzene rings is 4. The van der Waals surface area contributed by atoms with E-state index in [4.69, 9.17) is 5.11 Å². The molecule has 0 aliphatic carbocycles. The molecule has 5 nitrogen and oxygen atoms in total. The van der Waals surface area contributed by atoms with E-state index < -0.39 is 5.41 Å². The molecule has 4 aromatic carbocycles. The smallest absolute Gasteiger partial charge is 0.193 e. The number of carbonyl (C=O) groups is 4. The van der Waals surface area contributed by atoms with Crippen molar-refractivity contribution < 1.29 is 24.3 Å². The summed E-state index contributed by atoms with van der Waals surface area (Å²) in [4.78, 5) is 58.0. The standard InChI is InChI=1S/C44H50O4.CH4O/c1-26(24-43(8,9)10)25-44(11,41(47)37-29(4)22-27(2)35(31(37)6)39(45)33-18-14-12-15-19-33)42(48)38-30(5)23-28(3)36(32(38)7)40(46)34-20-16-13-17-21-34;1-2/h12-23,26H,24-25H2,1-11H3;2H,1H3. The van der Waals surface area contributed by atoms with Crippen LogP contribution in [0.2, 0.25) is 0 Å². The molecule has 50 heavy (non-hydrogen) atoms. The normalized spacial score (nSPS) is 12.1. The van der Waals surface area contributed by atoms with Gasteiger partial charge in [-0.15, -0.1) is 0 Å². The van der Waals surface area contributed by atoms with E-state index >= 15 is 9.59 Å². The molecule has 0 saturated heterocycles. The van der Waals surface area contributed by atoms with Crippen molar-refractivity contribution in [3.05, 3.63) is 140 Å². The molecule has 0 aliphatic heterocycles. The zero-order chi connectivity index (χ0) is 37.7. The van der Waals surface area contributed by atoms with Crippen molar-refractivity contribution in [1.82, 2.24) is 0 Å². The molecular weight excluding hydrogens is 620 g/mol. The molecule has 0 aliphatic rings. The van der Waals surface area contributed by atoms with Crippen LogP contribution in [0.25, 0.3) is 0 Å². The topological polar surface area (TPSA) is 88.5 Å².